The SMILES string of the molecule is CC(C)(C)C(=O)N/N=C(/NC(=O)c1ccco1)SCc1ccccc1. The minimum absolute atomic E-state index is 0.176. The van der Waals surface area contributed by atoms with Gasteiger partial charge < -0.3 is 4.42 Å². The van der Waals surface area contributed by atoms with Crippen molar-refractivity contribution in [3.63, 3.8) is 0 Å². The lowest BCUT2D eigenvalue weighted by molar-refractivity contribution is -0.128. The van der Waals surface area contributed by atoms with Gasteiger partial charge in [0.1, 0.15) is 0 Å². The maximum absolute atomic E-state index is 12.2. The van der Waals surface area contributed by atoms with Gasteiger partial charge in [-0.3, -0.25) is 14.9 Å². The summed E-state index contributed by atoms with van der Waals surface area (Å²) in [6.45, 7) is 5.36. The highest BCUT2D eigenvalue weighted by Crippen LogP contribution is 2.15. The third-order valence-electron chi connectivity index (χ3n) is 3.12. The summed E-state index contributed by atoms with van der Waals surface area (Å²) >= 11 is 1.31. The van der Waals surface area contributed by atoms with Crippen molar-refractivity contribution in [1.29, 1.82) is 0 Å². The molecule has 1 aromatic carbocycles. The van der Waals surface area contributed by atoms with E-state index >= 15 is 0 Å². The molecule has 7 heteroatoms. The van der Waals surface area contributed by atoms with E-state index in [4.69, 9.17) is 4.42 Å². The monoisotopic (exact) mass is 359 g/mol. The number of benzene rings is 1. The Hall–Kier alpha value is -2.54. The third kappa shape index (κ3) is 6.11. The molecule has 0 spiro atoms. The Morgan fingerprint density at radius 1 is 1.12 bits per heavy atom. The number of carbonyl (C=O) groups excluding carboxylic acids is 2. The van der Waals surface area contributed by atoms with E-state index in [9.17, 15) is 9.59 Å². The zero-order valence-corrected chi connectivity index (χ0v) is 15.2. The average Bonchev–Trinajstić information content (AvgIpc) is 3.11. The first-order chi connectivity index (χ1) is 11.9. The number of nitrogens with zero attached hydrogens (tertiary/aromatic N) is 1. The van der Waals surface area contributed by atoms with Gasteiger partial charge in [-0.25, -0.2) is 5.43 Å². The molecule has 0 fully saturated rings. The van der Waals surface area contributed by atoms with Gasteiger partial charge in [0.25, 0.3) is 5.91 Å². The minimum atomic E-state index is -0.580. The van der Waals surface area contributed by atoms with Gasteiger partial charge in [0.15, 0.2) is 10.9 Å². The number of hydrazone groups is 1. The molecule has 2 aromatic rings. The Morgan fingerprint density at radius 3 is 2.44 bits per heavy atom. The summed E-state index contributed by atoms with van der Waals surface area (Å²) in [7, 11) is 0. The summed E-state index contributed by atoms with van der Waals surface area (Å²) in [6, 6.07) is 13.0. The van der Waals surface area contributed by atoms with Crippen LogP contribution in [0, 0.1) is 5.41 Å². The van der Waals surface area contributed by atoms with E-state index in [1.54, 1.807) is 32.9 Å². The average molecular weight is 359 g/mol. The molecule has 0 bridgehead atoms. The van der Waals surface area contributed by atoms with E-state index in [2.05, 4.69) is 15.8 Å². The maximum Gasteiger partial charge on any atom is 0.292 e. The van der Waals surface area contributed by atoms with Crippen molar-refractivity contribution in [2.75, 3.05) is 0 Å². The van der Waals surface area contributed by atoms with Crippen molar-refractivity contribution in [2.24, 2.45) is 10.5 Å². The molecule has 25 heavy (non-hydrogen) atoms. The molecular weight excluding hydrogens is 338 g/mol. The molecule has 1 heterocycles. The summed E-state index contributed by atoms with van der Waals surface area (Å²) in [4.78, 5) is 24.2. The van der Waals surface area contributed by atoms with Crippen LogP contribution in [0.25, 0.3) is 0 Å². The van der Waals surface area contributed by atoms with Crippen LogP contribution in [0.1, 0.15) is 36.9 Å². The first-order valence-corrected chi connectivity index (χ1v) is 8.74. The molecule has 0 aliphatic carbocycles. The lowest BCUT2D eigenvalue weighted by atomic mass is 9.96. The lowest BCUT2D eigenvalue weighted by Gasteiger charge is -2.16. The fourth-order valence-electron chi connectivity index (χ4n) is 1.66. The molecule has 0 atom stereocenters. The van der Waals surface area contributed by atoms with Crippen molar-refractivity contribution in [1.82, 2.24) is 10.7 Å². The van der Waals surface area contributed by atoms with Gasteiger partial charge in [-0.05, 0) is 17.7 Å². The second-order valence-electron chi connectivity index (χ2n) is 6.31. The van der Waals surface area contributed by atoms with Crippen molar-refractivity contribution >= 4 is 28.7 Å². The zero-order valence-electron chi connectivity index (χ0n) is 14.4. The highest BCUT2D eigenvalue weighted by Gasteiger charge is 2.21. The molecule has 0 aliphatic rings. The molecule has 132 valence electrons. The Balaban J connectivity index is 2.07. The number of carbonyl (C=O) groups is 2. The molecule has 0 saturated carbocycles. The molecule has 1 aromatic heterocycles. The fourth-order valence-corrected chi connectivity index (χ4v) is 2.43. The van der Waals surface area contributed by atoms with Crippen LogP contribution in [0.2, 0.25) is 0 Å². The Bertz CT molecular complexity index is 735. The quantitative estimate of drug-likeness (QED) is 0.498. The number of rotatable bonds is 4. The lowest BCUT2D eigenvalue weighted by Crippen LogP contribution is -2.35. The number of amidine groups is 1. The normalized spacial score (nSPS) is 11.9. The van der Waals surface area contributed by atoms with E-state index in [1.807, 2.05) is 30.3 Å². The standard InChI is InChI=1S/C18H21N3O3S/c1-18(2,3)16(23)20-21-17(19-15(22)14-10-7-11-24-14)25-12-13-8-5-4-6-9-13/h4-11H,12H2,1-3H3,(H,20,23)(H,19,21,22). The van der Waals surface area contributed by atoms with Crippen molar-refractivity contribution in [3.8, 4) is 0 Å². The van der Waals surface area contributed by atoms with E-state index in [1.165, 1.54) is 18.0 Å². The number of hydrogen-bond acceptors (Lipinski definition) is 5. The van der Waals surface area contributed by atoms with Crippen molar-refractivity contribution in [2.45, 2.75) is 26.5 Å². The number of amides is 2. The van der Waals surface area contributed by atoms with Crippen LogP contribution in [0.5, 0.6) is 0 Å². The molecule has 0 saturated heterocycles. The van der Waals surface area contributed by atoms with Crippen molar-refractivity contribution < 1.29 is 14.0 Å². The van der Waals surface area contributed by atoms with Gasteiger partial charge in [-0.1, -0.05) is 62.9 Å². The summed E-state index contributed by atoms with van der Waals surface area (Å²) in [5, 5.41) is 7.02. The van der Waals surface area contributed by atoms with Gasteiger partial charge >= 0.3 is 0 Å². The van der Waals surface area contributed by atoms with E-state index in [0.717, 1.165) is 5.56 Å². The third-order valence-corrected chi connectivity index (χ3v) is 4.07. The largest absolute Gasteiger partial charge is 0.459 e. The Kier molecular flexibility index (Phi) is 6.41. The number of nitrogens with one attached hydrogen (secondary N) is 2. The molecule has 0 aliphatic heterocycles. The second-order valence-corrected chi connectivity index (χ2v) is 7.28. The van der Waals surface area contributed by atoms with Gasteiger partial charge in [0, 0.05) is 11.2 Å². The highest BCUT2D eigenvalue weighted by atomic mass is 32.2. The molecule has 2 amide bonds. The first-order valence-electron chi connectivity index (χ1n) is 7.76. The highest BCUT2D eigenvalue weighted by molar-refractivity contribution is 8.13. The molecule has 2 N–H and O–H groups in total. The van der Waals surface area contributed by atoms with Crippen LogP contribution in [0.4, 0.5) is 0 Å². The summed E-state index contributed by atoms with van der Waals surface area (Å²) in [6.07, 6.45) is 1.42. The van der Waals surface area contributed by atoms with Crippen LogP contribution >= 0.6 is 11.8 Å². The van der Waals surface area contributed by atoms with Gasteiger partial charge in [-0.15, -0.1) is 5.10 Å². The molecule has 6 nitrogen and oxygen atoms in total. The van der Waals surface area contributed by atoms with Crippen LogP contribution in [0.15, 0.2) is 58.2 Å². The predicted molar refractivity (Wildman–Crippen MR) is 98.9 cm³/mol. The maximum atomic E-state index is 12.2. The summed E-state index contributed by atoms with van der Waals surface area (Å²) in [5.41, 5.74) is 2.99. The van der Waals surface area contributed by atoms with Gasteiger partial charge in [0.05, 0.1) is 6.26 Å². The molecule has 0 radical (unpaired) electrons. The van der Waals surface area contributed by atoms with Crippen molar-refractivity contribution in [3.05, 3.63) is 60.1 Å². The molecule has 0 unspecified atom stereocenters. The molecular formula is C18H21N3O3S. The second kappa shape index (κ2) is 8.53. The van der Waals surface area contributed by atoms with Crippen LogP contribution in [-0.2, 0) is 10.5 Å². The smallest absolute Gasteiger partial charge is 0.292 e. The Labute approximate surface area is 151 Å². The van der Waals surface area contributed by atoms with E-state index < -0.39 is 11.3 Å². The van der Waals surface area contributed by atoms with E-state index in [-0.39, 0.29) is 11.7 Å². The van der Waals surface area contributed by atoms with Gasteiger partial charge in [-0.2, -0.15) is 0 Å². The van der Waals surface area contributed by atoms with Crippen LogP contribution in [0.3, 0.4) is 0 Å². The first kappa shape index (κ1) is 18.8. The Morgan fingerprint density at radius 2 is 1.84 bits per heavy atom. The topological polar surface area (TPSA) is 83.7 Å². The molecule has 2 rings (SSSR count). The summed E-state index contributed by atoms with van der Waals surface area (Å²) in [5.74, 6) is 0.116. The summed E-state index contributed by atoms with van der Waals surface area (Å²) < 4.78 is 5.08. The predicted octanol–water partition coefficient (Wildman–Crippen LogP) is 3.38. The minimum Gasteiger partial charge on any atom is -0.459 e. The van der Waals surface area contributed by atoms with Crippen LogP contribution < -0.4 is 10.7 Å². The number of thioether (sulfide) groups is 1. The van der Waals surface area contributed by atoms with Crippen LogP contribution in [-0.4, -0.2) is 17.0 Å². The van der Waals surface area contributed by atoms with E-state index in [0.29, 0.717) is 10.9 Å². The number of furan rings is 1. The van der Waals surface area contributed by atoms with Gasteiger partial charge in [0.2, 0.25) is 5.91 Å². The number of hydrogen-bond donors (Lipinski definition) is 2. The fraction of sp³-hybridized carbons (Fsp3) is 0.278. The zero-order chi connectivity index (χ0) is 18.3.